The summed E-state index contributed by atoms with van der Waals surface area (Å²) in [5.41, 5.74) is 0.702. The van der Waals surface area contributed by atoms with E-state index in [0.717, 1.165) is 44.7 Å². The normalized spacial score (nSPS) is 23.2. The number of methoxy groups -OCH3 is 1. The van der Waals surface area contributed by atoms with Crippen molar-refractivity contribution in [1.82, 2.24) is 19.4 Å². The fourth-order valence-corrected chi connectivity index (χ4v) is 7.09. The number of ether oxygens (including phenoxy) is 2. The molecule has 208 valence electrons. The third-order valence-electron chi connectivity index (χ3n) is 7.58. The molecule has 0 aromatic carbocycles. The lowest BCUT2D eigenvalue weighted by Crippen LogP contribution is -2.48. The largest absolute Gasteiger partial charge is 0.501 e. The molecule has 10 heteroatoms. The van der Waals surface area contributed by atoms with Crippen LogP contribution in [0.15, 0.2) is 22.3 Å². The predicted molar refractivity (Wildman–Crippen MR) is 144 cm³/mol. The molecule has 1 fully saturated rings. The lowest BCUT2D eigenvalue weighted by Gasteiger charge is -2.40. The molecule has 0 aliphatic heterocycles. The zero-order chi connectivity index (χ0) is 26.9. The summed E-state index contributed by atoms with van der Waals surface area (Å²) < 4.78 is 38.6. The van der Waals surface area contributed by atoms with Crippen LogP contribution in [0.5, 0.6) is 0 Å². The van der Waals surface area contributed by atoms with Crippen molar-refractivity contribution in [3.8, 4) is 0 Å². The van der Waals surface area contributed by atoms with Gasteiger partial charge in [0.25, 0.3) is 0 Å². The Hall–Kier alpha value is -1.46. The molecule has 2 aliphatic rings. The number of likely N-dealkylation sites (N-methyl/N-ethyl adjacent to an activating group) is 4. The Kier molecular flexibility index (Phi) is 12.4. The van der Waals surface area contributed by atoms with Crippen molar-refractivity contribution in [3.05, 3.63) is 22.3 Å². The molecule has 9 nitrogen and oxygen atoms in total. The summed E-state index contributed by atoms with van der Waals surface area (Å²) in [6, 6.07) is 0.700. The Morgan fingerprint density at radius 3 is 2.50 bits per heavy atom. The van der Waals surface area contributed by atoms with Gasteiger partial charge in [-0.2, -0.15) is 4.31 Å². The highest BCUT2D eigenvalue weighted by Gasteiger charge is 2.33. The van der Waals surface area contributed by atoms with Crippen LogP contribution in [-0.4, -0.2) is 108 Å². The highest BCUT2D eigenvalue weighted by molar-refractivity contribution is 7.93. The van der Waals surface area contributed by atoms with E-state index in [0.29, 0.717) is 22.9 Å². The van der Waals surface area contributed by atoms with E-state index in [1.54, 1.807) is 27.2 Å². The van der Waals surface area contributed by atoms with Crippen LogP contribution in [0.2, 0.25) is 0 Å². The first-order valence-corrected chi connectivity index (χ1v) is 14.6. The highest BCUT2D eigenvalue weighted by Crippen LogP contribution is 2.34. The van der Waals surface area contributed by atoms with Crippen LogP contribution in [0, 0.1) is 5.92 Å². The van der Waals surface area contributed by atoms with E-state index < -0.39 is 10.0 Å². The van der Waals surface area contributed by atoms with Crippen molar-refractivity contribution in [2.75, 3.05) is 67.6 Å². The molecule has 3 atom stereocenters. The lowest BCUT2D eigenvalue weighted by atomic mass is 9.89. The molecule has 0 heterocycles. The summed E-state index contributed by atoms with van der Waals surface area (Å²) in [4.78, 5) is 17.6. The SMILES string of the molecule is CCN(CCNC)C1CCCC(N(C)C(=O)COCCN(C)S(=O)(=O)C2=C(C)C=C(OC)CC2C)C1. The van der Waals surface area contributed by atoms with E-state index in [4.69, 9.17) is 9.47 Å². The molecule has 0 radical (unpaired) electrons. The summed E-state index contributed by atoms with van der Waals surface area (Å²) in [6.07, 6.45) is 6.62. The molecule has 36 heavy (non-hydrogen) atoms. The van der Waals surface area contributed by atoms with Gasteiger partial charge in [-0.05, 0) is 57.8 Å². The van der Waals surface area contributed by atoms with Crippen molar-refractivity contribution in [2.45, 2.75) is 65.0 Å². The number of carbonyl (C=O) groups is 1. The van der Waals surface area contributed by atoms with Crippen molar-refractivity contribution in [1.29, 1.82) is 0 Å². The van der Waals surface area contributed by atoms with Crippen molar-refractivity contribution < 1.29 is 22.7 Å². The Morgan fingerprint density at radius 2 is 1.89 bits per heavy atom. The summed E-state index contributed by atoms with van der Waals surface area (Å²) in [5, 5.41) is 3.22. The quantitative estimate of drug-likeness (QED) is 0.346. The number of allylic oxidation sites excluding steroid dienone is 4. The number of nitrogens with zero attached hydrogens (tertiary/aromatic N) is 3. The molecule has 0 bridgehead atoms. The Bertz CT molecular complexity index is 889. The number of carbonyl (C=O) groups excluding carboxylic acids is 1. The fourth-order valence-electron chi connectivity index (χ4n) is 5.38. The second kappa shape index (κ2) is 14.5. The van der Waals surface area contributed by atoms with E-state index in [9.17, 15) is 13.2 Å². The third-order valence-corrected chi connectivity index (χ3v) is 9.86. The summed E-state index contributed by atoms with van der Waals surface area (Å²) in [7, 11) is 3.38. The molecule has 1 N–H and O–H groups in total. The van der Waals surface area contributed by atoms with Gasteiger partial charge in [0, 0.05) is 58.2 Å². The highest BCUT2D eigenvalue weighted by atomic mass is 32.2. The van der Waals surface area contributed by atoms with Gasteiger partial charge in [0.15, 0.2) is 0 Å². The van der Waals surface area contributed by atoms with Crippen LogP contribution in [0.3, 0.4) is 0 Å². The molecular weight excluding hydrogens is 480 g/mol. The molecule has 0 spiro atoms. The van der Waals surface area contributed by atoms with Gasteiger partial charge in [-0.1, -0.05) is 13.8 Å². The molecule has 2 aliphatic carbocycles. The summed E-state index contributed by atoms with van der Waals surface area (Å²) in [6.45, 7) is 9.19. The number of rotatable bonds is 14. The van der Waals surface area contributed by atoms with Crippen LogP contribution >= 0.6 is 0 Å². The molecule has 1 amide bonds. The average molecular weight is 529 g/mol. The van der Waals surface area contributed by atoms with E-state index >= 15 is 0 Å². The van der Waals surface area contributed by atoms with Gasteiger partial charge in [-0.3, -0.25) is 9.69 Å². The van der Waals surface area contributed by atoms with E-state index in [-0.39, 0.29) is 37.6 Å². The van der Waals surface area contributed by atoms with Crippen molar-refractivity contribution in [2.24, 2.45) is 5.92 Å². The van der Waals surface area contributed by atoms with Crippen LogP contribution in [0.25, 0.3) is 0 Å². The molecule has 1 saturated carbocycles. The number of amides is 1. The van der Waals surface area contributed by atoms with E-state index in [2.05, 4.69) is 17.1 Å². The van der Waals surface area contributed by atoms with E-state index in [1.807, 2.05) is 25.9 Å². The third kappa shape index (κ3) is 8.02. The Balaban J connectivity index is 1.85. The van der Waals surface area contributed by atoms with Gasteiger partial charge in [-0.15, -0.1) is 0 Å². The first kappa shape index (κ1) is 30.8. The Morgan fingerprint density at radius 1 is 1.19 bits per heavy atom. The molecule has 2 rings (SSSR count). The van der Waals surface area contributed by atoms with Crippen molar-refractivity contribution in [3.63, 3.8) is 0 Å². The van der Waals surface area contributed by atoms with Crippen LogP contribution < -0.4 is 5.32 Å². The predicted octanol–water partition coefficient (Wildman–Crippen LogP) is 2.42. The number of hydrogen-bond acceptors (Lipinski definition) is 7. The van der Waals surface area contributed by atoms with Crippen molar-refractivity contribution >= 4 is 15.9 Å². The maximum Gasteiger partial charge on any atom is 0.248 e. The minimum Gasteiger partial charge on any atom is -0.501 e. The van der Waals surface area contributed by atoms with Gasteiger partial charge >= 0.3 is 0 Å². The zero-order valence-electron chi connectivity index (χ0n) is 23.4. The second-order valence-corrected chi connectivity index (χ2v) is 12.1. The fraction of sp³-hybridized carbons (Fsp3) is 0.808. The molecule has 3 unspecified atom stereocenters. The zero-order valence-corrected chi connectivity index (χ0v) is 24.2. The first-order valence-electron chi connectivity index (χ1n) is 13.2. The number of hydrogen-bond donors (Lipinski definition) is 1. The minimum absolute atomic E-state index is 0.0408. The maximum absolute atomic E-state index is 13.2. The summed E-state index contributed by atoms with van der Waals surface area (Å²) in [5.74, 6) is 0.577. The molecule has 0 aromatic heterocycles. The maximum atomic E-state index is 13.2. The van der Waals surface area contributed by atoms with Gasteiger partial charge in [0.2, 0.25) is 15.9 Å². The van der Waals surface area contributed by atoms with Crippen LogP contribution in [0.4, 0.5) is 0 Å². The average Bonchev–Trinajstić information content (AvgIpc) is 2.85. The van der Waals surface area contributed by atoms with Gasteiger partial charge in [0.05, 0.1) is 24.4 Å². The molecule has 0 aromatic rings. The Labute approximate surface area is 218 Å². The number of sulfonamides is 1. The summed E-state index contributed by atoms with van der Waals surface area (Å²) >= 11 is 0. The van der Waals surface area contributed by atoms with Gasteiger partial charge < -0.3 is 19.7 Å². The monoisotopic (exact) mass is 528 g/mol. The standard InChI is InChI=1S/C26H48N4O5S/c1-8-30(13-12-27-4)23-11-9-10-22(18-23)29(6)25(31)19-35-15-14-28(5)36(32,33)26-20(2)16-24(34-7)17-21(26)3/h16,21-23,27H,8-15,17-19H2,1-7H3. The topological polar surface area (TPSA) is 91.4 Å². The first-order chi connectivity index (χ1) is 17.1. The number of nitrogens with one attached hydrogen (secondary N) is 1. The minimum atomic E-state index is -3.62. The molecule has 0 saturated heterocycles. The molecular formula is C26H48N4O5S. The van der Waals surface area contributed by atoms with Crippen LogP contribution in [0.1, 0.15) is 52.9 Å². The van der Waals surface area contributed by atoms with Crippen LogP contribution in [-0.2, 0) is 24.3 Å². The van der Waals surface area contributed by atoms with Gasteiger partial charge in [0.1, 0.15) is 6.61 Å². The second-order valence-electron chi connectivity index (χ2n) is 10.1. The smallest absolute Gasteiger partial charge is 0.248 e. The lowest BCUT2D eigenvalue weighted by molar-refractivity contribution is -0.138. The van der Waals surface area contributed by atoms with E-state index in [1.165, 1.54) is 10.7 Å². The van der Waals surface area contributed by atoms with Gasteiger partial charge in [-0.25, -0.2) is 8.42 Å².